The Morgan fingerprint density at radius 3 is 2.78 bits per heavy atom. The van der Waals surface area contributed by atoms with Crippen LogP contribution in [0.4, 0.5) is 0 Å². The van der Waals surface area contributed by atoms with Crippen molar-refractivity contribution in [1.29, 1.82) is 0 Å². The fraction of sp³-hybridized carbons (Fsp3) is 0.474. The van der Waals surface area contributed by atoms with Gasteiger partial charge in [0.1, 0.15) is 12.4 Å². The molecule has 1 aromatic heterocycles. The Hall–Kier alpha value is -1.65. The first-order valence-corrected chi connectivity index (χ1v) is 9.19. The first kappa shape index (κ1) is 21.6. The molecule has 1 aliphatic heterocycles. The van der Waals surface area contributed by atoms with Crippen molar-refractivity contribution in [2.24, 2.45) is 10.7 Å². The molecule has 0 bridgehead atoms. The smallest absolute Gasteiger partial charge is 0.189 e. The summed E-state index contributed by atoms with van der Waals surface area (Å²) in [4.78, 5) is 11.2. The molecule has 0 aliphatic carbocycles. The van der Waals surface area contributed by atoms with Gasteiger partial charge in [-0.15, -0.1) is 24.0 Å². The first-order chi connectivity index (χ1) is 12.8. The number of aliphatic imine (C=N–C) groups is 1. The number of hydrogen-bond donors (Lipinski definition) is 2. The van der Waals surface area contributed by atoms with Crippen molar-refractivity contribution in [3.63, 3.8) is 0 Å². The van der Waals surface area contributed by atoms with Crippen molar-refractivity contribution in [3.8, 4) is 0 Å². The second kappa shape index (κ2) is 11.9. The van der Waals surface area contributed by atoms with Gasteiger partial charge < -0.3 is 20.4 Å². The number of rotatable bonds is 8. The summed E-state index contributed by atoms with van der Waals surface area (Å²) < 4.78 is 7.46. The molecule has 1 fully saturated rings. The van der Waals surface area contributed by atoms with Crippen LogP contribution in [0.5, 0.6) is 0 Å². The van der Waals surface area contributed by atoms with Crippen LogP contribution in [0, 0.1) is 0 Å². The summed E-state index contributed by atoms with van der Waals surface area (Å²) in [5.41, 5.74) is 7.22. The Labute approximate surface area is 178 Å². The molecule has 1 aliphatic rings. The third-order valence-corrected chi connectivity index (χ3v) is 4.45. The number of ether oxygens (including phenoxy) is 1. The summed E-state index contributed by atoms with van der Waals surface area (Å²) in [6.45, 7) is 6.87. The van der Waals surface area contributed by atoms with Gasteiger partial charge in [-0.3, -0.25) is 4.90 Å². The monoisotopic (exact) mass is 484 g/mol. The molecule has 27 heavy (non-hydrogen) atoms. The molecule has 0 unspecified atom stereocenters. The fourth-order valence-corrected chi connectivity index (χ4v) is 2.97. The zero-order valence-electron chi connectivity index (χ0n) is 15.6. The van der Waals surface area contributed by atoms with Crippen LogP contribution in [0.3, 0.4) is 0 Å². The van der Waals surface area contributed by atoms with Crippen LogP contribution in [-0.4, -0.2) is 59.8 Å². The maximum absolute atomic E-state index is 5.98. The van der Waals surface area contributed by atoms with Gasteiger partial charge >= 0.3 is 0 Å². The van der Waals surface area contributed by atoms with E-state index in [9.17, 15) is 0 Å². The van der Waals surface area contributed by atoms with Crippen LogP contribution in [0.2, 0.25) is 0 Å². The molecule has 0 spiro atoms. The number of guanidine groups is 1. The average molecular weight is 484 g/mol. The van der Waals surface area contributed by atoms with E-state index in [-0.39, 0.29) is 24.0 Å². The standard InChI is InChI=1S/C19H28N6O.HI/c20-19(22-7-4-9-24-11-13-26-14-12-24)23-15-18-21-8-10-25(18)16-17-5-2-1-3-6-17;/h1-3,5-6,8,10H,4,7,9,11-16H2,(H3,20,22,23);1H. The summed E-state index contributed by atoms with van der Waals surface area (Å²) in [6, 6.07) is 10.3. The molecule has 2 aromatic rings. The average Bonchev–Trinajstić information content (AvgIpc) is 3.12. The Morgan fingerprint density at radius 1 is 1.22 bits per heavy atom. The number of benzene rings is 1. The van der Waals surface area contributed by atoms with E-state index in [1.54, 1.807) is 6.20 Å². The van der Waals surface area contributed by atoms with E-state index in [0.717, 1.165) is 58.2 Å². The van der Waals surface area contributed by atoms with Crippen molar-refractivity contribution in [1.82, 2.24) is 19.8 Å². The van der Waals surface area contributed by atoms with Crippen molar-refractivity contribution in [3.05, 3.63) is 54.1 Å². The van der Waals surface area contributed by atoms with E-state index in [0.29, 0.717) is 12.5 Å². The molecular weight excluding hydrogens is 455 g/mol. The summed E-state index contributed by atoms with van der Waals surface area (Å²) >= 11 is 0. The Morgan fingerprint density at radius 2 is 2.00 bits per heavy atom. The van der Waals surface area contributed by atoms with Gasteiger partial charge in [-0.1, -0.05) is 30.3 Å². The van der Waals surface area contributed by atoms with E-state index in [1.165, 1.54) is 5.56 Å². The maximum Gasteiger partial charge on any atom is 0.189 e. The number of halogens is 1. The molecule has 7 nitrogen and oxygen atoms in total. The summed E-state index contributed by atoms with van der Waals surface area (Å²) in [5, 5.41) is 3.19. The minimum Gasteiger partial charge on any atom is -0.379 e. The molecule has 1 saturated heterocycles. The molecule has 148 valence electrons. The summed E-state index contributed by atoms with van der Waals surface area (Å²) in [6.07, 6.45) is 4.82. The highest BCUT2D eigenvalue weighted by Crippen LogP contribution is 2.06. The lowest BCUT2D eigenvalue weighted by atomic mass is 10.2. The van der Waals surface area contributed by atoms with Gasteiger partial charge in [0.05, 0.1) is 13.2 Å². The Bertz CT molecular complexity index is 685. The number of aromatic nitrogens is 2. The van der Waals surface area contributed by atoms with Crippen molar-refractivity contribution >= 4 is 29.9 Å². The van der Waals surface area contributed by atoms with Crippen LogP contribution in [0.1, 0.15) is 17.8 Å². The molecule has 0 atom stereocenters. The number of nitrogens with two attached hydrogens (primary N) is 1. The van der Waals surface area contributed by atoms with Crippen LogP contribution >= 0.6 is 24.0 Å². The number of morpholine rings is 1. The van der Waals surface area contributed by atoms with Crippen LogP contribution < -0.4 is 11.1 Å². The predicted molar refractivity (Wildman–Crippen MR) is 118 cm³/mol. The van der Waals surface area contributed by atoms with Crippen LogP contribution in [0.25, 0.3) is 0 Å². The fourth-order valence-electron chi connectivity index (χ4n) is 2.97. The van der Waals surface area contributed by atoms with Crippen molar-refractivity contribution in [2.45, 2.75) is 19.5 Å². The zero-order valence-corrected chi connectivity index (χ0v) is 17.9. The lowest BCUT2D eigenvalue weighted by Crippen LogP contribution is -2.39. The number of hydrogen-bond acceptors (Lipinski definition) is 4. The lowest BCUT2D eigenvalue weighted by molar-refractivity contribution is 0.0376. The van der Waals surface area contributed by atoms with Crippen molar-refractivity contribution in [2.75, 3.05) is 39.4 Å². The van der Waals surface area contributed by atoms with E-state index < -0.39 is 0 Å². The molecule has 0 radical (unpaired) electrons. The lowest BCUT2D eigenvalue weighted by Gasteiger charge is -2.26. The molecular formula is C19H29IN6O. The van der Waals surface area contributed by atoms with E-state index >= 15 is 0 Å². The quantitative estimate of drug-likeness (QED) is 0.258. The normalized spacial score (nSPS) is 15.3. The van der Waals surface area contributed by atoms with E-state index in [2.05, 4.69) is 36.9 Å². The first-order valence-electron chi connectivity index (χ1n) is 9.19. The molecule has 3 N–H and O–H groups in total. The SMILES string of the molecule is I.NC(=NCc1nccn1Cc1ccccc1)NCCCN1CCOCC1. The van der Waals surface area contributed by atoms with E-state index in [4.69, 9.17) is 10.5 Å². The minimum atomic E-state index is 0. The Balaban J connectivity index is 0.00000261. The highest BCUT2D eigenvalue weighted by Gasteiger charge is 2.09. The second-order valence-electron chi connectivity index (χ2n) is 6.39. The highest BCUT2D eigenvalue weighted by atomic mass is 127. The Kier molecular flexibility index (Phi) is 9.57. The molecule has 8 heteroatoms. The topological polar surface area (TPSA) is 80.7 Å². The van der Waals surface area contributed by atoms with Crippen LogP contribution in [0.15, 0.2) is 47.7 Å². The molecule has 0 saturated carbocycles. The van der Waals surface area contributed by atoms with Gasteiger partial charge in [0.2, 0.25) is 0 Å². The molecule has 1 aromatic carbocycles. The van der Waals surface area contributed by atoms with Gasteiger partial charge in [-0.25, -0.2) is 9.98 Å². The van der Waals surface area contributed by atoms with E-state index in [1.807, 2.05) is 24.4 Å². The molecule has 3 rings (SSSR count). The highest BCUT2D eigenvalue weighted by molar-refractivity contribution is 14.0. The molecule has 2 heterocycles. The number of imidazole rings is 1. The zero-order chi connectivity index (χ0) is 18.0. The predicted octanol–water partition coefficient (Wildman–Crippen LogP) is 1.68. The van der Waals surface area contributed by atoms with Crippen LogP contribution in [-0.2, 0) is 17.8 Å². The van der Waals surface area contributed by atoms with Gasteiger partial charge in [-0.05, 0) is 18.5 Å². The third-order valence-electron chi connectivity index (χ3n) is 4.45. The largest absolute Gasteiger partial charge is 0.379 e. The van der Waals surface area contributed by atoms with Gasteiger partial charge in [-0.2, -0.15) is 0 Å². The van der Waals surface area contributed by atoms with Crippen molar-refractivity contribution < 1.29 is 4.74 Å². The minimum absolute atomic E-state index is 0. The summed E-state index contributed by atoms with van der Waals surface area (Å²) in [7, 11) is 0. The van der Waals surface area contributed by atoms with Gasteiger partial charge in [0, 0.05) is 38.6 Å². The third kappa shape index (κ3) is 7.47. The number of nitrogens with one attached hydrogen (secondary N) is 1. The van der Waals surface area contributed by atoms with Gasteiger partial charge in [0.25, 0.3) is 0 Å². The summed E-state index contributed by atoms with van der Waals surface area (Å²) in [5.74, 6) is 1.38. The molecule has 0 amide bonds. The number of nitrogens with zero attached hydrogens (tertiary/aromatic N) is 4. The second-order valence-corrected chi connectivity index (χ2v) is 6.39. The maximum atomic E-state index is 5.98. The van der Waals surface area contributed by atoms with Gasteiger partial charge in [0.15, 0.2) is 5.96 Å².